The van der Waals surface area contributed by atoms with Crippen molar-refractivity contribution < 1.29 is 17.6 Å². The van der Waals surface area contributed by atoms with Gasteiger partial charge in [0.1, 0.15) is 5.58 Å². The molecule has 0 unspecified atom stereocenters. The van der Waals surface area contributed by atoms with Crippen molar-refractivity contribution in [3.8, 4) is 0 Å². The first kappa shape index (κ1) is 18.8. The van der Waals surface area contributed by atoms with Gasteiger partial charge < -0.3 is 9.73 Å². The molecule has 0 radical (unpaired) electrons. The number of para-hydroxylation sites is 1. The van der Waals surface area contributed by atoms with Crippen LogP contribution in [0.4, 0.5) is 11.4 Å². The Morgan fingerprint density at radius 3 is 2.34 bits per heavy atom. The lowest BCUT2D eigenvalue weighted by Crippen LogP contribution is -2.14. The number of carbonyl (C=O) groups is 1. The van der Waals surface area contributed by atoms with E-state index in [1.165, 1.54) is 0 Å². The van der Waals surface area contributed by atoms with Crippen LogP contribution in [0.15, 0.2) is 88.2 Å². The molecule has 4 rings (SSSR count). The van der Waals surface area contributed by atoms with Crippen LogP contribution in [0, 0.1) is 6.92 Å². The van der Waals surface area contributed by atoms with Crippen molar-refractivity contribution in [3.63, 3.8) is 0 Å². The first-order chi connectivity index (χ1) is 13.9. The van der Waals surface area contributed by atoms with Crippen molar-refractivity contribution in [2.75, 3.05) is 10.0 Å². The van der Waals surface area contributed by atoms with Crippen LogP contribution < -0.4 is 10.0 Å². The lowest BCUT2D eigenvalue weighted by Gasteiger charge is -2.10. The van der Waals surface area contributed by atoms with Gasteiger partial charge in [-0.25, -0.2) is 8.42 Å². The molecule has 7 heteroatoms. The smallest absolute Gasteiger partial charge is 0.291 e. The topological polar surface area (TPSA) is 88.4 Å². The van der Waals surface area contributed by atoms with Gasteiger partial charge in [-0.05, 0) is 49.4 Å². The summed E-state index contributed by atoms with van der Waals surface area (Å²) in [5.41, 5.74) is 2.38. The third kappa shape index (κ3) is 4.14. The molecule has 0 aliphatic rings. The fourth-order valence-electron chi connectivity index (χ4n) is 2.88. The zero-order chi connectivity index (χ0) is 20.4. The summed E-state index contributed by atoms with van der Waals surface area (Å²) in [6.45, 7) is 1.89. The maximum atomic E-state index is 12.6. The van der Waals surface area contributed by atoms with E-state index in [9.17, 15) is 13.2 Å². The molecule has 0 saturated heterocycles. The SMILES string of the molecule is Cc1ccc(S(=O)(=O)Nc2cccc(NC(=O)c3cc4ccccc4o3)c2)cc1. The molecule has 0 fully saturated rings. The van der Waals surface area contributed by atoms with Gasteiger partial charge in [0.25, 0.3) is 15.9 Å². The van der Waals surface area contributed by atoms with Crippen molar-refractivity contribution in [3.05, 3.63) is 90.2 Å². The largest absolute Gasteiger partial charge is 0.451 e. The predicted octanol–water partition coefficient (Wildman–Crippen LogP) is 4.79. The molecule has 0 aliphatic carbocycles. The number of hydrogen-bond acceptors (Lipinski definition) is 4. The summed E-state index contributed by atoms with van der Waals surface area (Å²) in [4.78, 5) is 12.7. The summed E-state index contributed by atoms with van der Waals surface area (Å²) in [7, 11) is -3.73. The first-order valence-corrected chi connectivity index (χ1v) is 10.4. The quantitative estimate of drug-likeness (QED) is 0.499. The van der Waals surface area contributed by atoms with Crippen LogP contribution in [-0.4, -0.2) is 14.3 Å². The Hall–Kier alpha value is -3.58. The Morgan fingerprint density at radius 2 is 1.59 bits per heavy atom. The van der Waals surface area contributed by atoms with Gasteiger partial charge in [-0.1, -0.05) is 42.0 Å². The highest BCUT2D eigenvalue weighted by Crippen LogP contribution is 2.22. The minimum atomic E-state index is -3.73. The number of carbonyl (C=O) groups excluding carboxylic acids is 1. The number of sulfonamides is 1. The Bertz CT molecular complexity index is 1260. The second kappa shape index (κ2) is 7.44. The molecule has 3 aromatic carbocycles. The van der Waals surface area contributed by atoms with Crippen molar-refractivity contribution in [1.82, 2.24) is 0 Å². The fourth-order valence-corrected chi connectivity index (χ4v) is 3.93. The summed E-state index contributed by atoms with van der Waals surface area (Å²) in [6, 6.07) is 22.0. The maximum Gasteiger partial charge on any atom is 0.291 e. The van der Waals surface area contributed by atoms with E-state index >= 15 is 0 Å². The van der Waals surface area contributed by atoms with Gasteiger partial charge in [-0.2, -0.15) is 0 Å². The molecule has 146 valence electrons. The Morgan fingerprint density at radius 1 is 0.862 bits per heavy atom. The van der Waals surface area contributed by atoms with Crippen molar-refractivity contribution >= 4 is 38.3 Å². The van der Waals surface area contributed by atoms with Crippen LogP contribution >= 0.6 is 0 Å². The highest BCUT2D eigenvalue weighted by molar-refractivity contribution is 7.92. The van der Waals surface area contributed by atoms with Crippen LogP contribution in [-0.2, 0) is 10.0 Å². The second-order valence-corrected chi connectivity index (χ2v) is 8.28. The molecule has 1 aromatic heterocycles. The van der Waals surface area contributed by atoms with E-state index in [2.05, 4.69) is 10.0 Å². The van der Waals surface area contributed by atoms with E-state index in [-0.39, 0.29) is 10.7 Å². The number of aryl methyl sites for hydroxylation is 1. The van der Waals surface area contributed by atoms with Gasteiger partial charge >= 0.3 is 0 Å². The van der Waals surface area contributed by atoms with Crippen molar-refractivity contribution in [2.24, 2.45) is 0 Å². The average molecular weight is 406 g/mol. The zero-order valence-corrected chi connectivity index (χ0v) is 16.4. The number of benzene rings is 3. The number of hydrogen-bond donors (Lipinski definition) is 2. The van der Waals surface area contributed by atoms with Crippen LogP contribution in [0.1, 0.15) is 16.1 Å². The van der Waals surface area contributed by atoms with E-state index in [4.69, 9.17) is 4.42 Å². The minimum absolute atomic E-state index is 0.166. The Balaban J connectivity index is 1.52. The second-order valence-electron chi connectivity index (χ2n) is 6.60. The van der Waals surface area contributed by atoms with Crippen molar-refractivity contribution in [1.29, 1.82) is 0 Å². The molecule has 0 spiro atoms. The monoisotopic (exact) mass is 406 g/mol. The molecule has 1 heterocycles. The molecule has 6 nitrogen and oxygen atoms in total. The third-order valence-corrected chi connectivity index (χ3v) is 5.75. The number of fused-ring (bicyclic) bond motifs is 1. The van der Waals surface area contributed by atoms with Gasteiger partial charge in [0.15, 0.2) is 5.76 Å². The molecule has 0 bridgehead atoms. The first-order valence-electron chi connectivity index (χ1n) is 8.90. The normalized spacial score (nSPS) is 11.3. The number of anilines is 2. The van der Waals surface area contributed by atoms with E-state index < -0.39 is 15.9 Å². The van der Waals surface area contributed by atoms with Crippen LogP contribution in [0.2, 0.25) is 0 Å². The third-order valence-electron chi connectivity index (χ3n) is 4.35. The van der Waals surface area contributed by atoms with Crippen molar-refractivity contribution in [2.45, 2.75) is 11.8 Å². The Kier molecular flexibility index (Phi) is 4.82. The summed E-state index contributed by atoms with van der Waals surface area (Å²) in [5, 5.41) is 3.56. The molecule has 0 aliphatic heterocycles. The number of amides is 1. The number of nitrogens with one attached hydrogen (secondary N) is 2. The number of rotatable bonds is 5. The summed E-state index contributed by atoms with van der Waals surface area (Å²) in [6.07, 6.45) is 0. The molecule has 2 N–H and O–H groups in total. The van der Waals surface area contributed by atoms with Crippen LogP contribution in [0.5, 0.6) is 0 Å². The van der Waals surface area contributed by atoms with E-state index in [0.29, 0.717) is 17.0 Å². The average Bonchev–Trinajstić information content (AvgIpc) is 3.13. The fraction of sp³-hybridized carbons (Fsp3) is 0.0455. The molecule has 4 aromatic rings. The summed E-state index contributed by atoms with van der Waals surface area (Å²) in [5.74, 6) is -0.239. The molecule has 29 heavy (non-hydrogen) atoms. The summed E-state index contributed by atoms with van der Waals surface area (Å²) >= 11 is 0. The van der Waals surface area contributed by atoms with Gasteiger partial charge in [0, 0.05) is 11.1 Å². The number of furan rings is 1. The van der Waals surface area contributed by atoms with Gasteiger partial charge in [0.2, 0.25) is 0 Å². The van der Waals surface area contributed by atoms with E-state index in [1.807, 2.05) is 25.1 Å². The zero-order valence-electron chi connectivity index (χ0n) is 15.5. The predicted molar refractivity (Wildman–Crippen MR) is 113 cm³/mol. The minimum Gasteiger partial charge on any atom is -0.451 e. The highest BCUT2D eigenvalue weighted by atomic mass is 32.2. The molecular formula is C22H18N2O4S. The maximum absolute atomic E-state index is 12.6. The van der Waals surface area contributed by atoms with Gasteiger partial charge in [-0.3, -0.25) is 9.52 Å². The van der Waals surface area contributed by atoms with Crippen LogP contribution in [0.25, 0.3) is 11.0 Å². The van der Waals surface area contributed by atoms with E-state index in [1.54, 1.807) is 60.7 Å². The van der Waals surface area contributed by atoms with Crippen LogP contribution in [0.3, 0.4) is 0 Å². The molecule has 1 amide bonds. The standard InChI is InChI=1S/C22H18N2O4S/c1-15-9-11-19(12-10-15)29(26,27)24-18-7-4-6-17(14-18)23-22(25)21-13-16-5-2-3-8-20(16)28-21/h2-14,24H,1H3,(H,23,25). The Labute approximate surface area is 168 Å². The molecular weight excluding hydrogens is 388 g/mol. The van der Waals surface area contributed by atoms with Gasteiger partial charge in [0.05, 0.1) is 10.6 Å². The lowest BCUT2D eigenvalue weighted by atomic mass is 10.2. The molecule has 0 atom stereocenters. The highest BCUT2D eigenvalue weighted by Gasteiger charge is 2.15. The lowest BCUT2D eigenvalue weighted by molar-refractivity contribution is 0.0998. The van der Waals surface area contributed by atoms with Gasteiger partial charge in [-0.15, -0.1) is 0 Å². The summed E-state index contributed by atoms with van der Waals surface area (Å²) < 4.78 is 33.2. The van der Waals surface area contributed by atoms with E-state index in [0.717, 1.165) is 10.9 Å². The molecule has 0 saturated carbocycles.